The molecule has 0 unspecified atom stereocenters. The second-order valence-corrected chi connectivity index (χ2v) is 13.9. The predicted octanol–water partition coefficient (Wildman–Crippen LogP) is 2.08. The van der Waals surface area contributed by atoms with Crippen LogP contribution in [-0.4, -0.2) is 88.6 Å². The summed E-state index contributed by atoms with van der Waals surface area (Å²) >= 11 is 0. The van der Waals surface area contributed by atoms with Gasteiger partial charge in [0.25, 0.3) is 0 Å². The van der Waals surface area contributed by atoms with Gasteiger partial charge >= 0.3 is 5.97 Å². The minimum Gasteiger partial charge on any atom is -0.458 e. The largest absolute Gasteiger partial charge is 0.458 e. The second-order valence-electron chi connectivity index (χ2n) is 13.9. The molecule has 9 nitrogen and oxygen atoms in total. The molecule has 0 aromatic rings. The van der Waals surface area contributed by atoms with E-state index in [0.717, 1.165) is 44.1 Å². The summed E-state index contributed by atoms with van der Waals surface area (Å²) in [6.07, 6.45) is 3.05. The van der Waals surface area contributed by atoms with Crippen molar-refractivity contribution in [2.75, 3.05) is 13.7 Å². The molecule has 4 N–H and O–H groups in total. The first kappa shape index (κ1) is 28.1. The molecular formula is C30H46O9. The quantitative estimate of drug-likeness (QED) is 0.307. The Morgan fingerprint density at radius 1 is 1.05 bits per heavy atom. The highest BCUT2D eigenvalue weighted by Gasteiger charge is 2.70. The van der Waals surface area contributed by atoms with E-state index in [1.54, 1.807) is 13.0 Å². The number of hydrogen-bond donors (Lipinski definition) is 4. The van der Waals surface area contributed by atoms with Crippen LogP contribution in [-0.2, 0) is 23.7 Å². The first-order valence-corrected chi connectivity index (χ1v) is 14.9. The molecule has 0 amide bonds. The molecule has 2 aliphatic heterocycles. The van der Waals surface area contributed by atoms with E-state index in [-0.39, 0.29) is 35.2 Å². The molecule has 4 saturated carbocycles. The van der Waals surface area contributed by atoms with E-state index < -0.39 is 47.8 Å². The maximum atomic E-state index is 12.4. The van der Waals surface area contributed by atoms with Crippen molar-refractivity contribution in [1.82, 2.24) is 0 Å². The lowest BCUT2D eigenvalue weighted by Gasteiger charge is -2.65. The average molecular weight is 551 g/mol. The van der Waals surface area contributed by atoms with Crippen LogP contribution in [0, 0.1) is 34.5 Å². The Hall–Kier alpha value is -1.07. The summed E-state index contributed by atoms with van der Waals surface area (Å²) in [7, 11) is 1.47. The highest BCUT2D eigenvalue weighted by molar-refractivity contribution is 5.85. The Morgan fingerprint density at radius 3 is 2.51 bits per heavy atom. The topological polar surface area (TPSA) is 135 Å². The number of carbonyl (C=O) groups excluding carboxylic acids is 1. The molecule has 39 heavy (non-hydrogen) atoms. The highest BCUT2D eigenvalue weighted by atomic mass is 16.7. The zero-order chi connectivity index (χ0) is 27.9. The van der Waals surface area contributed by atoms with Crippen molar-refractivity contribution in [3.8, 4) is 0 Å². The fraction of sp³-hybridized carbons (Fsp3) is 0.900. The van der Waals surface area contributed by atoms with Gasteiger partial charge < -0.3 is 39.4 Å². The minimum atomic E-state index is -1.08. The van der Waals surface area contributed by atoms with Gasteiger partial charge in [-0.2, -0.15) is 0 Å². The smallest absolute Gasteiger partial charge is 0.331 e. The van der Waals surface area contributed by atoms with Gasteiger partial charge in [-0.15, -0.1) is 0 Å². The summed E-state index contributed by atoms with van der Waals surface area (Å²) in [5, 5.41) is 45.2. The Morgan fingerprint density at radius 2 is 1.82 bits per heavy atom. The lowest BCUT2D eigenvalue weighted by Crippen LogP contribution is -2.66. The number of methoxy groups -OCH3 is 1. The number of ether oxygens (including phenoxy) is 4. The summed E-state index contributed by atoms with van der Waals surface area (Å²) < 4.78 is 22.7. The zero-order valence-corrected chi connectivity index (χ0v) is 23.6. The fourth-order valence-corrected chi connectivity index (χ4v) is 10.2. The SMILES string of the molecule is CO[C@H]1[C@@H](O)[C@H](O[C@H]2CC[C@@]3(C)[C@@H](CC[C@H]4[C@H]3[C@@H](O)C[C@]3(C)[C@H](C5=CC(=O)OC5)CC[C@]43O)C2)O[C@@H](C)[C@H]1O. The molecule has 2 heterocycles. The van der Waals surface area contributed by atoms with Crippen molar-refractivity contribution >= 4 is 5.97 Å². The van der Waals surface area contributed by atoms with Gasteiger partial charge in [0.2, 0.25) is 0 Å². The zero-order valence-electron chi connectivity index (χ0n) is 23.6. The van der Waals surface area contributed by atoms with E-state index >= 15 is 0 Å². The molecule has 0 radical (unpaired) electrons. The lowest BCUT2D eigenvalue weighted by molar-refractivity contribution is -0.314. The Bertz CT molecular complexity index is 1000. The summed E-state index contributed by atoms with van der Waals surface area (Å²) in [6.45, 7) is 6.46. The van der Waals surface area contributed by atoms with Gasteiger partial charge in [-0.3, -0.25) is 0 Å². The molecule has 5 fully saturated rings. The average Bonchev–Trinajstić information content (AvgIpc) is 3.42. The number of rotatable bonds is 4. The summed E-state index contributed by atoms with van der Waals surface area (Å²) in [5.74, 6) is 0.0523. The second kappa shape index (κ2) is 9.75. The summed E-state index contributed by atoms with van der Waals surface area (Å²) in [6, 6.07) is 0. The summed E-state index contributed by atoms with van der Waals surface area (Å²) in [4.78, 5) is 11.8. The van der Waals surface area contributed by atoms with Crippen molar-refractivity contribution < 1.29 is 44.2 Å². The van der Waals surface area contributed by atoms with Crippen LogP contribution < -0.4 is 0 Å². The molecule has 0 bridgehead atoms. The predicted molar refractivity (Wildman–Crippen MR) is 139 cm³/mol. The lowest BCUT2D eigenvalue weighted by atomic mass is 9.42. The van der Waals surface area contributed by atoms with E-state index in [1.165, 1.54) is 7.11 Å². The van der Waals surface area contributed by atoms with Crippen LogP contribution in [0.1, 0.15) is 72.1 Å². The van der Waals surface area contributed by atoms with Crippen molar-refractivity contribution in [2.24, 2.45) is 34.5 Å². The molecule has 14 atom stereocenters. The molecule has 220 valence electrons. The van der Waals surface area contributed by atoms with E-state index in [9.17, 15) is 25.2 Å². The minimum absolute atomic E-state index is 0.00175. The van der Waals surface area contributed by atoms with E-state index in [1.807, 2.05) is 0 Å². The van der Waals surface area contributed by atoms with Crippen molar-refractivity contribution in [3.63, 3.8) is 0 Å². The van der Waals surface area contributed by atoms with Gasteiger partial charge in [-0.1, -0.05) is 13.8 Å². The number of carbonyl (C=O) groups is 1. The number of esters is 1. The Kier molecular flexibility index (Phi) is 7.02. The van der Waals surface area contributed by atoms with Crippen LogP contribution in [0.2, 0.25) is 0 Å². The van der Waals surface area contributed by atoms with Crippen molar-refractivity contribution in [2.45, 2.75) is 121 Å². The van der Waals surface area contributed by atoms with E-state index in [4.69, 9.17) is 18.9 Å². The van der Waals surface area contributed by atoms with Crippen LogP contribution in [0.5, 0.6) is 0 Å². The first-order valence-electron chi connectivity index (χ1n) is 14.9. The molecule has 6 rings (SSSR count). The summed E-state index contributed by atoms with van der Waals surface area (Å²) in [5.41, 5.74) is -0.550. The van der Waals surface area contributed by atoms with E-state index in [2.05, 4.69) is 13.8 Å². The maximum Gasteiger partial charge on any atom is 0.331 e. The number of fused-ring (bicyclic) bond motifs is 5. The molecule has 0 spiro atoms. The van der Waals surface area contributed by atoms with Gasteiger partial charge in [-0.05, 0) is 93.0 Å². The van der Waals surface area contributed by atoms with Crippen LogP contribution >= 0.6 is 0 Å². The monoisotopic (exact) mass is 550 g/mol. The standard InChI is InChI=1S/C30H46O9/c1-15-24(33)26(36-4)25(34)27(38-15)39-18-7-9-28(2)17(12-18)5-6-20-23(28)21(31)13-29(3)19(8-10-30(20,29)35)16-11-22(32)37-14-16/h11,15,17-21,23-27,31,33-35H,5-10,12-14H2,1-4H3/t15-,17-,18-,19-,20-,21-,23-,24+,25+,26+,27-,28-,29+,30-/m0/s1. The molecule has 0 aromatic heterocycles. The van der Waals surface area contributed by atoms with Crippen molar-refractivity contribution in [3.05, 3.63) is 11.6 Å². The maximum absolute atomic E-state index is 12.4. The van der Waals surface area contributed by atoms with Crippen LogP contribution in [0.4, 0.5) is 0 Å². The Labute approximate surface area is 230 Å². The number of aliphatic hydroxyl groups is 4. The van der Waals surface area contributed by atoms with Crippen LogP contribution in [0.25, 0.3) is 0 Å². The van der Waals surface area contributed by atoms with Gasteiger partial charge in [-0.25, -0.2) is 4.79 Å². The molecule has 9 heteroatoms. The van der Waals surface area contributed by atoms with Gasteiger partial charge in [0.15, 0.2) is 6.29 Å². The number of hydrogen-bond acceptors (Lipinski definition) is 9. The third-order valence-corrected chi connectivity index (χ3v) is 12.3. The Balaban J connectivity index is 1.18. The van der Waals surface area contributed by atoms with Crippen LogP contribution in [0.3, 0.4) is 0 Å². The number of aliphatic hydroxyl groups excluding tert-OH is 3. The molecular weight excluding hydrogens is 504 g/mol. The van der Waals surface area contributed by atoms with Gasteiger partial charge in [0, 0.05) is 18.6 Å². The molecule has 6 aliphatic rings. The first-order chi connectivity index (χ1) is 18.4. The highest BCUT2D eigenvalue weighted by Crippen LogP contribution is 2.70. The third-order valence-electron chi connectivity index (χ3n) is 12.3. The molecule has 0 aromatic carbocycles. The molecule has 1 saturated heterocycles. The normalized spacial score (nSPS) is 55.3. The fourth-order valence-electron chi connectivity index (χ4n) is 10.2. The number of cyclic esters (lactones) is 1. The van der Waals surface area contributed by atoms with Gasteiger partial charge in [0.1, 0.15) is 24.9 Å². The van der Waals surface area contributed by atoms with Gasteiger partial charge in [0.05, 0.1) is 23.9 Å². The van der Waals surface area contributed by atoms with Crippen molar-refractivity contribution in [1.29, 1.82) is 0 Å². The van der Waals surface area contributed by atoms with E-state index in [0.29, 0.717) is 25.4 Å². The third kappa shape index (κ3) is 4.09. The van der Waals surface area contributed by atoms with Crippen LogP contribution in [0.15, 0.2) is 11.6 Å². The molecule has 4 aliphatic carbocycles.